The van der Waals surface area contributed by atoms with Crippen molar-refractivity contribution in [3.05, 3.63) is 29.8 Å². The molecule has 100 valence electrons. The average Bonchev–Trinajstić information content (AvgIpc) is 2.38. The molecule has 0 radical (unpaired) electrons. The molecule has 1 aromatic carbocycles. The number of nitrogens with one attached hydrogen (secondary N) is 1. The molecule has 0 unspecified atom stereocenters. The standard InChI is InChI=1S/C14H22N2O2/c1-14(2,15-3)13(17)16(4)10-11-6-8-12(18-5)9-7-11/h6-9,15H,10H2,1-5H3. The number of carbonyl (C=O) groups excluding carboxylic acids is 1. The zero-order chi connectivity index (χ0) is 13.8. The fourth-order valence-electron chi connectivity index (χ4n) is 1.66. The third-order valence-electron chi connectivity index (χ3n) is 3.09. The van der Waals surface area contributed by atoms with Crippen molar-refractivity contribution in [2.45, 2.75) is 25.9 Å². The number of carbonyl (C=O) groups is 1. The Morgan fingerprint density at radius 2 is 1.89 bits per heavy atom. The maximum Gasteiger partial charge on any atom is 0.242 e. The molecule has 0 atom stereocenters. The fraction of sp³-hybridized carbons (Fsp3) is 0.500. The average molecular weight is 250 g/mol. The highest BCUT2D eigenvalue weighted by atomic mass is 16.5. The van der Waals surface area contributed by atoms with Crippen molar-refractivity contribution in [3.8, 4) is 5.75 Å². The first-order chi connectivity index (χ1) is 8.40. The second kappa shape index (κ2) is 5.87. The summed E-state index contributed by atoms with van der Waals surface area (Å²) in [6.07, 6.45) is 0. The highest BCUT2D eigenvalue weighted by Crippen LogP contribution is 2.14. The number of methoxy groups -OCH3 is 1. The van der Waals surface area contributed by atoms with Gasteiger partial charge >= 0.3 is 0 Å². The van der Waals surface area contributed by atoms with Crippen LogP contribution >= 0.6 is 0 Å². The maximum absolute atomic E-state index is 12.2. The summed E-state index contributed by atoms with van der Waals surface area (Å²) < 4.78 is 5.10. The molecule has 1 aromatic rings. The third-order valence-corrected chi connectivity index (χ3v) is 3.09. The van der Waals surface area contributed by atoms with Crippen molar-refractivity contribution in [3.63, 3.8) is 0 Å². The summed E-state index contributed by atoms with van der Waals surface area (Å²) in [6.45, 7) is 4.34. The van der Waals surface area contributed by atoms with E-state index in [1.165, 1.54) is 0 Å². The highest BCUT2D eigenvalue weighted by Gasteiger charge is 2.28. The van der Waals surface area contributed by atoms with E-state index in [2.05, 4.69) is 5.32 Å². The topological polar surface area (TPSA) is 41.6 Å². The minimum Gasteiger partial charge on any atom is -0.497 e. The van der Waals surface area contributed by atoms with Crippen LogP contribution in [0, 0.1) is 0 Å². The second-order valence-electron chi connectivity index (χ2n) is 4.88. The van der Waals surface area contributed by atoms with E-state index in [0.717, 1.165) is 11.3 Å². The Balaban J connectivity index is 2.69. The molecule has 4 heteroatoms. The van der Waals surface area contributed by atoms with E-state index in [-0.39, 0.29) is 5.91 Å². The second-order valence-corrected chi connectivity index (χ2v) is 4.88. The molecule has 0 fully saturated rings. The maximum atomic E-state index is 12.2. The normalized spacial score (nSPS) is 11.2. The molecular weight excluding hydrogens is 228 g/mol. The Bertz CT molecular complexity index is 399. The van der Waals surface area contributed by atoms with Gasteiger partial charge in [-0.3, -0.25) is 4.79 Å². The lowest BCUT2D eigenvalue weighted by atomic mass is 10.0. The molecule has 0 bridgehead atoms. The first-order valence-electron chi connectivity index (χ1n) is 5.98. The molecule has 1 amide bonds. The molecule has 0 aliphatic carbocycles. The highest BCUT2D eigenvalue weighted by molar-refractivity contribution is 5.85. The SMILES string of the molecule is CNC(C)(C)C(=O)N(C)Cc1ccc(OC)cc1. The Morgan fingerprint density at radius 1 is 1.33 bits per heavy atom. The van der Waals surface area contributed by atoms with E-state index in [1.54, 1.807) is 19.1 Å². The van der Waals surface area contributed by atoms with Crippen LogP contribution in [-0.2, 0) is 11.3 Å². The molecule has 0 spiro atoms. The quantitative estimate of drug-likeness (QED) is 0.864. The fourth-order valence-corrected chi connectivity index (χ4v) is 1.66. The first kappa shape index (κ1) is 14.5. The minimum absolute atomic E-state index is 0.0702. The lowest BCUT2D eigenvalue weighted by Crippen LogP contribution is -2.51. The van der Waals surface area contributed by atoms with Gasteiger partial charge in [-0.2, -0.15) is 0 Å². The van der Waals surface area contributed by atoms with Crippen LogP contribution in [0.1, 0.15) is 19.4 Å². The Labute approximate surface area is 109 Å². The molecule has 18 heavy (non-hydrogen) atoms. The van der Waals surface area contributed by atoms with Crippen molar-refractivity contribution in [1.29, 1.82) is 0 Å². The molecule has 0 saturated carbocycles. The van der Waals surface area contributed by atoms with E-state index < -0.39 is 5.54 Å². The van der Waals surface area contributed by atoms with E-state index in [1.807, 2.05) is 45.2 Å². The summed E-state index contributed by atoms with van der Waals surface area (Å²) in [5, 5.41) is 3.01. The molecular formula is C14H22N2O2. The molecule has 0 heterocycles. The molecule has 0 saturated heterocycles. The lowest BCUT2D eigenvalue weighted by molar-refractivity contribution is -0.136. The van der Waals surface area contributed by atoms with Gasteiger partial charge in [-0.25, -0.2) is 0 Å². The van der Waals surface area contributed by atoms with Crippen LogP contribution in [0.25, 0.3) is 0 Å². The van der Waals surface area contributed by atoms with E-state index in [0.29, 0.717) is 6.54 Å². The summed E-state index contributed by atoms with van der Waals surface area (Å²) in [7, 11) is 5.24. The number of benzene rings is 1. The molecule has 4 nitrogen and oxygen atoms in total. The van der Waals surface area contributed by atoms with Gasteiger partial charge in [0.15, 0.2) is 0 Å². The summed E-state index contributed by atoms with van der Waals surface area (Å²) in [5.41, 5.74) is 0.542. The Morgan fingerprint density at radius 3 is 2.33 bits per heavy atom. The molecule has 0 aliphatic rings. The van der Waals surface area contributed by atoms with Crippen molar-refractivity contribution in [1.82, 2.24) is 10.2 Å². The van der Waals surface area contributed by atoms with Gasteiger partial charge in [-0.15, -0.1) is 0 Å². The zero-order valence-corrected chi connectivity index (χ0v) is 11.8. The number of hydrogen-bond acceptors (Lipinski definition) is 3. The molecule has 1 N–H and O–H groups in total. The number of amides is 1. The lowest BCUT2D eigenvalue weighted by Gasteiger charge is -2.29. The van der Waals surface area contributed by atoms with Crippen molar-refractivity contribution in [2.75, 3.05) is 21.2 Å². The zero-order valence-electron chi connectivity index (χ0n) is 11.8. The van der Waals surface area contributed by atoms with Gasteiger partial charge in [0.2, 0.25) is 5.91 Å². The molecule has 1 rings (SSSR count). The van der Waals surface area contributed by atoms with Gasteiger partial charge in [-0.05, 0) is 38.6 Å². The van der Waals surface area contributed by atoms with E-state index >= 15 is 0 Å². The number of nitrogens with zero attached hydrogens (tertiary/aromatic N) is 1. The first-order valence-corrected chi connectivity index (χ1v) is 5.98. The van der Waals surface area contributed by atoms with Gasteiger partial charge in [0.05, 0.1) is 12.6 Å². The number of ether oxygens (including phenoxy) is 1. The van der Waals surface area contributed by atoms with Crippen LogP contribution in [0.4, 0.5) is 0 Å². The van der Waals surface area contributed by atoms with Gasteiger partial charge in [0, 0.05) is 13.6 Å². The van der Waals surface area contributed by atoms with Crippen LogP contribution in [0.5, 0.6) is 5.75 Å². The van der Waals surface area contributed by atoms with E-state index in [4.69, 9.17) is 4.74 Å². The Hall–Kier alpha value is -1.55. The van der Waals surface area contributed by atoms with Gasteiger partial charge < -0.3 is 15.0 Å². The summed E-state index contributed by atoms with van der Waals surface area (Å²) in [6, 6.07) is 7.73. The van der Waals surface area contributed by atoms with Crippen LogP contribution in [-0.4, -0.2) is 37.6 Å². The van der Waals surface area contributed by atoms with Gasteiger partial charge in [-0.1, -0.05) is 12.1 Å². The van der Waals surface area contributed by atoms with Crippen molar-refractivity contribution >= 4 is 5.91 Å². The van der Waals surface area contributed by atoms with Gasteiger partial charge in [0.25, 0.3) is 0 Å². The summed E-state index contributed by atoms with van der Waals surface area (Å²) in [4.78, 5) is 13.9. The van der Waals surface area contributed by atoms with Crippen molar-refractivity contribution < 1.29 is 9.53 Å². The summed E-state index contributed by atoms with van der Waals surface area (Å²) in [5.74, 6) is 0.893. The van der Waals surface area contributed by atoms with Crippen LogP contribution < -0.4 is 10.1 Å². The smallest absolute Gasteiger partial charge is 0.242 e. The number of likely N-dealkylation sites (N-methyl/N-ethyl adjacent to an activating group) is 2. The van der Waals surface area contributed by atoms with E-state index in [9.17, 15) is 4.79 Å². The molecule has 0 aliphatic heterocycles. The minimum atomic E-state index is -0.540. The van der Waals surface area contributed by atoms with Crippen LogP contribution in [0.3, 0.4) is 0 Å². The predicted molar refractivity (Wildman–Crippen MR) is 72.6 cm³/mol. The molecule has 0 aromatic heterocycles. The van der Waals surface area contributed by atoms with Gasteiger partial charge in [0.1, 0.15) is 5.75 Å². The largest absolute Gasteiger partial charge is 0.497 e. The third kappa shape index (κ3) is 3.47. The van der Waals surface area contributed by atoms with Crippen LogP contribution in [0.15, 0.2) is 24.3 Å². The number of rotatable bonds is 5. The predicted octanol–water partition coefficient (Wildman–Crippen LogP) is 1.65. The summed E-state index contributed by atoms with van der Waals surface area (Å²) >= 11 is 0. The van der Waals surface area contributed by atoms with Crippen LogP contribution in [0.2, 0.25) is 0 Å². The monoisotopic (exact) mass is 250 g/mol. The Kier molecular flexibility index (Phi) is 4.73. The van der Waals surface area contributed by atoms with Crippen molar-refractivity contribution in [2.24, 2.45) is 0 Å². The number of hydrogen-bond donors (Lipinski definition) is 1.